The zero-order chi connectivity index (χ0) is 13.2. The Hall–Kier alpha value is -1.13. The summed E-state index contributed by atoms with van der Waals surface area (Å²) in [4.78, 5) is 0. The molecular formula is C14H20FNO2. The lowest BCUT2D eigenvalue weighted by molar-refractivity contribution is 0.0108. The Bertz CT molecular complexity index is 416. The van der Waals surface area contributed by atoms with Crippen molar-refractivity contribution in [1.29, 1.82) is 0 Å². The zero-order valence-electron chi connectivity index (χ0n) is 10.9. The number of aliphatic hydroxyl groups is 1. The third kappa shape index (κ3) is 3.96. The first-order valence-corrected chi connectivity index (χ1v) is 6.31. The van der Waals surface area contributed by atoms with Gasteiger partial charge < -0.3 is 15.2 Å². The molecule has 1 aromatic carbocycles. The maximum absolute atomic E-state index is 13.4. The van der Waals surface area contributed by atoms with Crippen molar-refractivity contribution < 1.29 is 14.2 Å². The van der Waals surface area contributed by atoms with Crippen LogP contribution in [0.3, 0.4) is 0 Å². The van der Waals surface area contributed by atoms with E-state index in [2.05, 4.69) is 5.32 Å². The normalized spacial score (nSPS) is 18.4. The Morgan fingerprint density at radius 2 is 2.22 bits per heavy atom. The molecule has 18 heavy (non-hydrogen) atoms. The summed E-state index contributed by atoms with van der Waals surface area (Å²) in [6.07, 6.45) is 2.34. The first-order chi connectivity index (χ1) is 8.46. The minimum Gasteiger partial charge on any atom is -0.487 e. The second-order valence-electron chi connectivity index (χ2n) is 5.37. The van der Waals surface area contributed by atoms with Crippen LogP contribution in [-0.4, -0.2) is 29.9 Å². The lowest BCUT2D eigenvalue weighted by atomic mass is 10.1. The monoisotopic (exact) mass is 253 g/mol. The first-order valence-electron chi connectivity index (χ1n) is 6.31. The van der Waals surface area contributed by atoms with Crippen molar-refractivity contribution in [2.75, 3.05) is 13.2 Å². The molecule has 1 saturated carbocycles. The molecule has 1 atom stereocenters. The van der Waals surface area contributed by atoms with E-state index in [0.29, 0.717) is 12.6 Å². The fraction of sp³-hybridized carbons (Fsp3) is 0.571. The van der Waals surface area contributed by atoms with Crippen molar-refractivity contribution >= 4 is 0 Å². The first kappa shape index (κ1) is 13.3. The van der Waals surface area contributed by atoms with Gasteiger partial charge in [0.2, 0.25) is 0 Å². The fourth-order valence-corrected chi connectivity index (χ4v) is 1.66. The number of aryl methyl sites for hydroxylation is 1. The molecule has 2 rings (SSSR count). The maximum atomic E-state index is 13.4. The van der Waals surface area contributed by atoms with E-state index in [4.69, 9.17) is 4.74 Å². The standard InChI is InChI=1S/C14H20FNO2/c1-10-3-6-12(15)13(7-10)18-9-14(2,17)8-16-11-4-5-11/h3,6-7,11,16-17H,4-5,8-9H2,1-2H3. The summed E-state index contributed by atoms with van der Waals surface area (Å²) in [5.74, 6) is -0.201. The van der Waals surface area contributed by atoms with E-state index in [1.807, 2.05) is 6.92 Å². The predicted molar refractivity (Wildman–Crippen MR) is 68.3 cm³/mol. The molecular weight excluding hydrogens is 233 g/mol. The third-order valence-corrected chi connectivity index (χ3v) is 2.97. The quantitative estimate of drug-likeness (QED) is 0.815. The maximum Gasteiger partial charge on any atom is 0.165 e. The molecule has 1 aromatic rings. The highest BCUT2D eigenvalue weighted by Crippen LogP contribution is 2.21. The van der Waals surface area contributed by atoms with E-state index >= 15 is 0 Å². The molecule has 0 bridgehead atoms. The lowest BCUT2D eigenvalue weighted by Gasteiger charge is -2.24. The van der Waals surface area contributed by atoms with Crippen LogP contribution in [0.25, 0.3) is 0 Å². The van der Waals surface area contributed by atoms with Gasteiger partial charge in [0, 0.05) is 12.6 Å². The summed E-state index contributed by atoms with van der Waals surface area (Å²) < 4.78 is 18.8. The Kier molecular flexibility index (Phi) is 3.88. The van der Waals surface area contributed by atoms with Gasteiger partial charge in [-0.3, -0.25) is 0 Å². The summed E-state index contributed by atoms with van der Waals surface area (Å²) in [7, 11) is 0. The van der Waals surface area contributed by atoms with Crippen LogP contribution < -0.4 is 10.1 Å². The number of ether oxygens (including phenoxy) is 1. The van der Waals surface area contributed by atoms with Gasteiger partial charge in [-0.2, -0.15) is 0 Å². The van der Waals surface area contributed by atoms with Crippen LogP contribution >= 0.6 is 0 Å². The Labute approximate surface area is 107 Å². The number of rotatable bonds is 6. The number of hydrogen-bond donors (Lipinski definition) is 2. The topological polar surface area (TPSA) is 41.5 Å². The average molecular weight is 253 g/mol. The lowest BCUT2D eigenvalue weighted by Crippen LogP contribution is -2.43. The van der Waals surface area contributed by atoms with Gasteiger partial charge in [-0.05, 0) is 44.4 Å². The predicted octanol–water partition coefficient (Wildman–Crippen LogP) is 2.02. The molecule has 1 aliphatic carbocycles. The molecule has 100 valence electrons. The van der Waals surface area contributed by atoms with Crippen molar-refractivity contribution in [3.8, 4) is 5.75 Å². The van der Waals surface area contributed by atoms with Crippen LogP contribution in [0.5, 0.6) is 5.75 Å². The summed E-state index contributed by atoms with van der Waals surface area (Å²) in [5.41, 5.74) is -0.0548. The Balaban J connectivity index is 1.86. The van der Waals surface area contributed by atoms with E-state index < -0.39 is 11.4 Å². The van der Waals surface area contributed by atoms with Gasteiger partial charge in [0.1, 0.15) is 12.2 Å². The highest BCUT2D eigenvalue weighted by molar-refractivity contribution is 5.29. The molecule has 1 aliphatic rings. The minimum absolute atomic E-state index is 0.0765. The van der Waals surface area contributed by atoms with Gasteiger partial charge in [-0.1, -0.05) is 6.07 Å². The van der Waals surface area contributed by atoms with Gasteiger partial charge in [0.25, 0.3) is 0 Å². The smallest absolute Gasteiger partial charge is 0.165 e. The molecule has 0 radical (unpaired) electrons. The molecule has 0 aromatic heterocycles. The number of hydrogen-bond acceptors (Lipinski definition) is 3. The summed E-state index contributed by atoms with van der Waals surface area (Å²) in [6.45, 7) is 4.10. The molecule has 3 nitrogen and oxygen atoms in total. The van der Waals surface area contributed by atoms with Gasteiger partial charge in [-0.15, -0.1) is 0 Å². The van der Waals surface area contributed by atoms with Gasteiger partial charge in [0.05, 0.1) is 0 Å². The second-order valence-corrected chi connectivity index (χ2v) is 5.37. The van der Waals surface area contributed by atoms with Crippen molar-refractivity contribution in [3.63, 3.8) is 0 Å². The molecule has 1 unspecified atom stereocenters. The van der Waals surface area contributed by atoms with E-state index in [1.165, 1.54) is 18.9 Å². The van der Waals surface area contributed by atoms with Crippen LogP contribution in [0.15, 0.2) is 18.2 Å². The van der Waals surface area contributed by atoms with Crippen LogP contribution in [0, 0.1) is 12.7 Å². The second kappa shape index (κ2) is 5.24. The SMILES string of the molecule is Cc1ccc(F)c(OCC(C)(O)CNC2CC2)c1. The largest absolute Gasteiger partial charge is 0.487 e. The summed E-state index contributed by atoms with van der Waals surface area (Å²) >= 11 is 0. The number of benzene rings is 1. The fourth-order valence-electron chi connectivity index (χ4n) is 1.66. The van der Waals surface area contributed by atoms with Gasteiger partial charge in [-0.25, -0.2) is 4.39 Å². The highest BCUT2D eigenvalue weighted by Gasteiger charge is 2.27. The number of halogens is 1. The van der Waals surface area contributed by atoms with Crippen LogP contribution in [0.4, 0.5) is 4.39 Å². The van der Waals surface area contributed by atoms with Crippen molar-refractivity contribution in [2.45, 2.75) is 38.3 Å². The van der Waals surface area contributed by atoms with Crippen molar-refractivity contribution in [1.82, 2.24) is 5.32 Å². The van der Waals surface area contributed by atoms with Crippen LogP contribution in [0.2, 0.25) is 0 Å². The van der Waals surface area contributed by atoms with Gasteiger partial charge in [0.15, 0.2) is 11.6 Å². The summed E-state index contributed by atoms with van der Waals surface area (Å²) in [6, 6.07) is 5.24. The minimum atomic E-state index is -0.987. The van der Waals surface area contributed by atoms with Crippen molar-refractivity contribution in [3.05, 3.63) is 29.6 Å². The molecule has 4 heteroatoms. The number of nitrogens with one attached hydrogen (secondary N) is 1. The van der Waals surface area contributed by atoms with E-state index in [-0.39, 0.29) is 12.4 Å². The van der Waals surface area contributed by atoms with Gasteiger partial charge >= 0.3 is 0 Å². The molecule has 1 fully saturated rings. The van der Waals surface area contributed by atoms with E-state index in [1.54, 1.807) is 19.1 Å². The molecule has 0 heterocycles. The Morgan fingerprint density at radius 3 is 2.89 bits per heavy atom. The molecule has 0 amide bonds. The molecule has 0 saturated heterocycles. The van der Waals surface area contributed by atoms with E-state index in [9.17, 15) is 9.50 Å². The Morgan fingerprint density at radius 1 is 1.50 bits per heavy atom. The van der Waals surface area contributed by atoms with E-state index in [0.717, 1.165) is 5.56 Å². The molecule has 0 aliphatic heterocycles. The average Bonchev–Trinajstić information content (AvgIpc) is 3.12. The highest BCUT2D eigenvalue weighted by atomic mass is 19.1. The zero-order valence-corrected chi connectivity index (χ0v) is 10.9. The summed E-state index contributed by atoms with van der Waals surface area (Å²) in [5, 5.41) is 13.3. The van der Waals surface area contributed by atoms with Crippen molar-refractivity contribution in [2.24, 2.45) is 0 Å². The third-order valence-electron chi connectivity index (χ3n) is 2.97. The van der Waals surface area contributed by atoms with Crippen LogP contribution in [0.1, 0.15) is 25.3 Å². The molecule has 0 spiro atoms. The molecule has 2 N–H and O–H groups in total. The van der Waals surface area contributed by atoms with Crippen LogP contribution in [-0.2, 0) is 0 Å².